The molecule has 0 spiro atoms. The predicted molar refractivity (Wildman–Crippen MR) is 132 cm³/mol. The SMILES string of the molecule is COc1ccc(OC)c(C2=C(c3cc(OC)c(OC)c(OC)c3)C(=O)CC2O[Si]C(C)(C)C)c1. The molecule has 1 aliphatic rings. The second kappa shape index (κ2) is 10.5. The summed E-state index contributed by atoms with van der Waals surface area (Å²) >= 11 is 0. The third-order valence-electron chi connectivity index (χ3n) is 5.40. The van der Waals surface area contributed by atoms with Crippen LogP contribution in [0.1, 0.15) is 38.3 Å². The number of rotatable bonds is 9. The highest BCUT2D eigenvalue weighted by molar-refractivity contribution is 6.35. The van der Waals surface area contributed by atoms with E-state index in [1.807, 2.05) is 18.2 Å². The van der Waals surface area contributed by atoms with E-state index in [9.17, 15) is 4.79 Å². The molecule has 34 heavy (non-hydrogen) atoms. The normalized spacial score (nSPS) is 16.0. The summed E-state index contributed by atoms with van der Waals surface area (Å²) in [6.07, 6.45) is -0.203. The molecule has 0 saturated heterocycles. The van der Waals surface area contributed by atoms with Gasteiger partial charge in [-0.2, -0.15) is 0 Å². The van der Waals surface area contributed by atoms with Crippen LogP contribution in [-0.4, -0.2) is 57.2 Å². The summed E-state index contributed by atoms with van der Waals surface area (Å²) < 4.78 is 34.1. The second-order valence-corrected chi connectivity index (χ2v) is 10.8. The number of Topliss-reactive ketones (excluding diaryl/α,β-unsaturated/α-hetero) is 1. The van der Waals surface area contributed by atoms with Gasteiger partial charge >= 0.3 is 0 Å². The monoisotopic (exact) mass is 484 g/mol. The molecule has 2 aromatic rings. The van der Waals surface area contributed by atoms with Crippen molar-refractivity contribution < 1.29 is 32.9 Å². The summed E-state index contributed by atoms with van der Waals surface area (Å²) in [4.78, 5) is 13.5. The second-order valence-electron chi connectivity index (χ2n) is 8.85. The van der Waals surface area contributed by atoms with Gasteiger partial charge in [-0.3, -0.25) is 4.79 Å². The van der Waals surface area contributed by atoms with E-state index in [2.05, 4.69) is 20.8 Å². The third-order valence-corrected chi connectivity index (χ3v) is 6.41. The molecule has 1 atom stereocenters. The average molecular weight is 485 g/mol. The van der Waals surface area contributed by atoms with Crippen LogP contribution in [0.4, 0.5) is 0 Å². The fourth-order valence-electron chi connectivity index (χ4n) is 3.91. The van der Waals surface area contributed by atoms with E-state index in [0.29, 0.717) is 39.9 Å². The molecule has 2 aromatic carbocycles. The maximum absolute atomic E-state index is 13.5. The van der Waals surface area contributed by atoms with Gasteiger partial charge in [-0.05, 0) is 40.9 Å². The molecule has 1 unspecified atom stereocenters. The Bertz CT molecular complexity index is 1060. The van der Waals surface area contributed by atoms with Gasteiger partial charge in [0.15, 0.2) is 17.3 Å². The molecule has 1 aliphatic carbocycles. The number of ketones is 1. The maximum Gasteiger partial charge on any atom is 0.236 e. The number of benzene rings is 2. The van der Waals surface area contributed by atoms with Crippen molar-refractivity contribution in [1.82, 2.24) is 0 Å². The number of hydrogen-bond acceptors (Lipinski definition) is 7. The summed E-state index contributed by atoms with van der Waals surface area (Å²) in [5, 5.41) is -0.0398. The molecule has 0 amide bonds. The highest BCUT2D eigenvalue weighted by atomic mass is 28.2. The smallest absolute Gasteiger partial charge is 0.236 e. The molecule has 8 heteroatoms. The Morgan fingerprint density at radius 2 is 1.44 bits per heavy atom. The summed E-state index contributed by atoms with van der Waals surface area (Å²) in [6.45, 7) is 6.33. The van der Waals surface area contributed by atoms with E-state index in [4.69, 9.17) is 28.1 Å². The molecule has 0 aromatic heterocycles. The lowest BCUT2D eigenvalue weighted by Crippen LogP contribution is -2.21. The lowest BCUT2D eigenvalue weighted by atomic mass is 9.94. The zero-order valence-electron chi connectivity index (χ0n) is 21.0. The number of carbonyl (C=O) groups is 1. The molecule has 0 N–H and O–H groups in total. The van der Waals surface area contributed by atoms with Crippen molar-refractivity contribution in [2.75, 3.05) is 35.5 Å². The first-order valence-corrected chi connectivity index (χ1v) is 11.8. The van der Waals surface area contributed by atoms with E-state index in [-0.39, 0.29) is 27.0 Å². The van der Waals surface area contributed by atoms with Crippen molar-refractivity contribution in [3.8, 4) is 28.7 Å². The molecular formula is C26H32O7Si. The van der Waals surface area contributed by atoms with Crippen molar-refractivity contribution in [3.05, 3.63) is 41.5 Å². The van der Waals surface area contributed by atoms with Crippen LogP contribution < -0.4 is 23.7 Å². The first-order valence-electron chi connectivity index (χ1n) is 10.9. The highest BCUT2D eigenvalue weighted by Crippen LogP contribution is 2.47. The first kappa shape index (κ1) is 25.6. The summed E-state index contributed by atoms with van der Waals surface area (Å²) in [5.74, 6) is 2.65. The van der Waals surface area contributed by atoms with Crippen LogP contribution in [0.3, 0.4) is 0 Å². The van der Waals surface area contributed by atoms with E-state index in [0.717, 1.165) is 11.1 Å². The summed E-state index contributed by atoms with van der Waals surface area (Å²) in [5.41, 5.74) is 2.70. The van der Waals surface area contributed by atoms with Gasteiger partial charge in [-0.15, -0.1) is 0 Å². The molecule has 0 fully saturated rings. The standard InChI is InChI=1S/C26H32O7Si/c1-26(2,3)34-33-20-14-18(27)23(15-11-21(30-6)25(32-8)22(12-15)31-7)24(20)17-13-16(28-4)9-10-19(17)29-5/h9-13,20H,14H2,1-8H3. The Balaban J connectivity index is 2.30. The minimum absolute atomic E-state index is 0.0298. The Hall–Kier alpha value is -2.97. The van der Waals surface area contributed by atoms with Gasteiger partial charge in [-0.1, -0.05) is 20.8 Å². The Labute approximate surface area is 203 Å². The van der Waals surface area contributed by atoms with Crippen LogP contribution in [0.2, 0.25) is 5.04 Å². The molecule has 0 heterocycles. The largest absolute Gasteiger partial charge is 0.497 e. The van der Waals surface area contributed by atoms with Crippen LogP contribution in [0.15, 0.2) is 30.3 Å². The Morgan fingerprint density at radius 3 is 1.94 bits per heavy atom. The van der Waals surface area contributed by atoms with Crippen LogP contribution >= 0.6 is 0 Å². The van der Waals surface area contributed by atoms with Gasteiger partial charge in [0.2, 0.25) is 15.5 Å². The lowest BCUT2D eigenvalue weighted by molar-refractivity contribution is -0.114. The van der Waals surface area contributed by atoms with Crippen molar-refractivity contribution >= 4 is 26.7 Å². The Kier molecular flexibility index (Phi) is 7.94. The highest BCUT2D eigenvalue weighted by Gasteiger charge is 2.37. The van der Waals surface area contributed by atoms with Gasteiger partial charge in [-0.25, -0.2) is 0 Å². The topological polar surface area (TPSA) is 72.5 Å². The molecule has 3 rings (SSSR count). The predicted octanol–water partition coefficient (Wildman–Crippen LogP) is 4.84. The zero-order chi connectivity index (χ0) is 25.0. The van der Waals surface area contributed by atoms with Crippen LogP contribution in [0.25, 0.3) is 11.1 Å². The molecule has 0 aliphatic heterocycles. The average Bonchev–Trinajstić information content (AvgIpc) is 3.16. The Morgan fingerprint density at radius 1 is 0.824 bits per heavy atom. The minimum atomic E-state index is -0.430. The number of ether oxygens (including phenoxy) is 5. The molecule has 0 bridgehead atoms. The van der Waals surface area contributed by atoms with Crippen molar-refractivity contribution in [1.29, 1.82) is 0 Å². The van der Waals surface area contributed by atoms with Crippen LogP contribution in [-0.2, 0) is 9.22 Å². The zero-order valence-corrected chi connectivity index (χ0v) is 22.0. The van der Waals surface area contributed by atoms with E-state index in [1.54, 1.807) is 47.7 Å². The molecule has 7 nitrogen and oxygen atoms in total. The summed E-state index contributed by atoms with van der Waals surface area (Å²) in [7, 11) is 8.06. The third kappa shape index (κ3) is 5.23. The first-order chi connectivity index (χ1) is 16.2. The van der Waals surface area contributed by atoms with Crippen molar-refractivity contribution in [2.24, 2.45) is 0 Å². The quantitative estimate of drug-likeness (QED) is 0.472. The minimum Gasteiger partial charge on any atom is -0.497 e. The van der Waals surface area contributed by atoms with E-state index >= 15 is 0 Å². The van der Waals surface area contributed by atoms with E-state index < -0.39 is 6.10 Å². The summed E-state index contributed by atoms with van der Waals surface area (Å²) in [6, 6.07) is 9.11. The molecule has 2 radical (unpaired) electrons. The van der Waals surface area contributed by atoms with Gasteiger partial charge in [0.05, 0.1) is 41.7 Å². The molecule has 0 saturated carbocycles. The number of hydrogen-bond donors (Lipinski definition) is 0. The lowest BCUT2D eigenvalue weighted by Gasteiger charge is -2.23. The van der Waals surface area contributed by atoms with E-state index in [1.165, 1.54) is 0 Å². The number of allylic oxidation sites excluding steroid dienone is 1. The van der Waals surface area contributed by atoms with Gasteiger partial charge < -0.3 is 28.1 Å². The molecule has 182 valence electrons. The fourth-order valence-corrected chi connectivity index (χ4v) is 4.60. The van der Waals surface area contributed by atoms with Gasteiger partial charge in [0.25, 0.3) is 0 Å². The van der Waals surface area contributed by atoms with Crippen molar-refractivity contribution in [2.45, 2.75) is 38.3 Å². The van der Waals surface area contributed by atoms with Gasteiger partial charge in [0, 0.05) is 23.1 Å². The maximum atomic E-state index is 13.5. The van der Waals surface area contributed by atoms with Crippen LogP contribution in [0.5, 0.6) is 28.7 Å². The van der Waals surface area contributed by atoms with Crippen molar-refractivity contribution in [3.63, 3.8) is 0 Å². The number of methoxy groups -OCH3 is 5. The van der Waals surface area contributed by atoms with Gasteiger partial charge in [0.1, 0.15) is 11.5 Å². The number of carbonyl (C=O) groups excluding carboxylic acids is 1. The molecular weight excluding hydrogens is 452 g/mol. The fraction of sp³-hybridized carbons (Fsp3) is 0.423. The van der Waals surface area contributed by atoms with Crippen LogP contribution in [0, 0.1) is 0 Å².